The van der Waals surface area contributed by atoms with Gasteiger partial charge in [0, 0.05) is 24.9 Å². The summed E-state index contributed by atoms with van der Waals surface area (Å²) < 4.78 is 5.76. The van der Waals surface area contributed by atoms with Gasteiger partial charge in [-0.3, -0.25) is 14.5 Å². The highest BCUT2D eigenvalue weighted by atomic mass is 32.2. The van der Waals surface area contributed by atoms with Crippen molar-refractivity contribution in [1.29, 1.82) is 0 Å². The molecule has 158 valence electrons. The molecule has 2 heterocycles. The number of amides is 2. The second kappa shape index (κ2) is 10.1. The number of thiocarbonyl (C=S) groups is 1. The zero-order valence-corrected chi connectivity index (χ0v) is 19.3. The summed E-state index contributed by atoms with van der Waals surface area (Å²) in [6.07, 6.45) is 2.70. The van der Waals surface area contributed by atoms with Crippen molar-refractivity contribution in [2.24, 2.45) is 5.92 Å². The summed E-state index contributed by atoms with van der Waals surface area (Å²) in [6.45, 7) is 4.41. The first-order valence-corrected chi connectivity index (χ1v) is 11.4. The van der Waals surface area contributed by atoms with Crippen LogP contribution in [0.15, 0.2) is 29.2 Å². The van der Waals surface area contributed by atoms with Crippen LogP contribution in [-0.2, 0) is 16.0 Å². The monoisotopic (exact) mass is 462 g/mol. The first kappa shape index (κ1) is 22.4. The van der Waals surface area contributed by atoms with Crippen molar-refractivity contribution >= 4 is 62.7 Å². The molecule has 3 rings (SSSR count). The van der Waals surface area contributed by atoms with Gasteiger partial charge < -0.3 is 10.1 Å². The van der Waals surface area contributed by atoms with Gasteiger partial charge in [-0.1, -0.05) is 67.4 Å². The van der Waals surface area contributed by atoms with Crippen molar-refractivity contribution in [2.45, 2.75) is 26.7 Å². The highest BCUT2D eigenvalue weighted by molar-refractivity contribution is 8.26. The summed E-state index contributed by atoms with van der Waals surface area (Å²) in [6, 6.07) is 7.44. The standard InChI is InChI=1S/C20H22N4O3S3/c1-12(2)10-17-22-23-19(30-17)21-16(25)8-9-24-18(26)15(29-20(24)28)11-13-6-4-5-7-14(13)27-3/h4-7,11-12H,8-10H2,1-3H3,(H,21,23,25)/b15-11-. The fourth-order valence-electron chi connectivity index (χ4n) is 2.75. The number of anilines is 1. The third-order valence-electron chi connectivity index (χ3n) is 4.16. The average Bonchev–Trinajstić information content (AvgIpc) is 3.24. The number of carbonyl (C=O) groups is 2. The predicted molar refractivity (Wildman–Crippen MR) is 125 cm³/mol. The van der Waals surface area contributed by atoms with E-state index in [1.165, 1.54) is 28.0 Å². The number of rotatable bonds is 8. The third kappa shape index (κ3) is 5.65. The molecule has 1 fully saturated rings. The van der Waals surface area contributed by atoms with Gasteiger partial charge >= 0.3 is 0 Å². The molecule has 0 unspecified atom stereocenters. The first-order chi connectivity index (χ1) is 14.4. The Morgan fingerprint density at radius 2 is 2.10 bits per heavy atom. The number of aromatic nitrogens is 2. The number of nitrogens with one attached hydrogen (secondary N) is 1. The summed E-state index contributed by atoms with van der Waals surface area (Å²) in [7, 11) is 1.58. The lowest BCUT2D eigenvalue weighted by atomic mass is 10.1. The van der Waals surface area contributed by atoms with E-state index in [9.17, 15) is 9.59 Å². The van der Waals surface area contributed by atoms with E-state index in [1.807, 2.05) is 24.3 Å². The molecule has 1 saturated heterocycles. The van der Waals surface area contributed by atoms with E-state index >= 15 is 0 Å². The lowest BCUT2D eigenvalue weighted by Gasteiger charge is -2.13. The van der Waals surface area contributed by atoms with Crippen molar-refractivity contribution in [2.75, 3.05) is 19.0 Å². The molecule has 7 nitrogen and oxygen atoms in total. The number of methoxy groups -OCH3 is 1. The Morgan fingerprint density at radius 1 is 1.33 bits per heavy atom. The van der Waals surface area contributed by atoms with Crippen molar-refractivity contribution in [3.05, 3.63) is 39.7 Å². The number of benzene rings is 1. The van der Waals surface area contributed by atoms with Crippen LogP contribution in [0.2, 0.25) is 0 Å². The molecule has 30 heavy (non-hydrogen) atoms. The second-order valence-corrected chi connectivity index (χ2v) is 9.71. The Labute approximate surface area is 188 Å². The zero-order chi connectivity index (χ0) is 21.7. The summed E-state index contributed by atoms with van der Waals surface area (Å²) >= 11 is 7.93. The minimum atomic E-state index is -0.231. The fourth-order valence-corrected chi connectivity index (χ4v) is 5.02. The average molecular weight is 463 g/mol. The Morgan fingerprint density at radius 3 is 2.83 bits per heavy atom. The van der Waals surface area contributed by atoms with E-state index in [-0.39, 0.29) is 24.8 Å². The topological polar surface area (TPSA) is 84.4 Å². The van der Waals surface area contributed by atoms with Crippen LogP contribution in [0.1, 0.15) is 30.8 Å². The minimum Gasteiger partial charge on any atom is -0.496 e. The van der Waals surface area contributed by atoms with Gasteiger partial charge in [0.2, 0.25) is 11.0 Å². The molecule has 10 heteroatoms. The van der Waals surface area contributed by atoms with E-state index < -0.39 is 0 Å². The Kier molecular flexibility index (Phi) is 7.57. The molecular weight excluding hydrogens is 440 g/mol. The largest absolute Gasteiger partial charge is 0.496 e. The lowest BCUT2D eigenvalue weighted by Crippen LogP contribution is -2.31. The highest BCUT2D eigenvalue weighted by Crippen LogP contribution is 2.34. The maximum Gasteiger partial charge on any atom is 0.266 e. The number of para-hydroxylation sites is 1. The molecule has 0 radical (unpaired) electrons. The van der Waals surface area contributed by atoms with Gasteiger partial charge in [-0.25, -0.2) is 0 Å². The van der Waals surface area contributed by atoms with Crippen LogP contribution >= 0.6 is 35.3 Å². The second-order valence-electron chi connectivity index (χ2n) is 6.97. The minimum absolute atomic E-state index is 0.119. The molecule has 2 amide bonds. The van der Waals surface area contributed by atoms with E-state index in [1.54, 1.807) is 13.2 Å². The van der Waals surface area contributed by atoms with E-state index in [2.05, 4.69) is 29.4 Å². The first-order valence-electron chi connectivity index (χ1n) is 9.38. The molecule has 1 N–H and O–H groups in total. The van der Waals surface area contributed by atoms with Gasteiger partial charge in [0.1, 0.15) is 15.1 Å². The number of nitrogens with zero attached hydrogens (tertiary/aromatic N) is 3. The number of thioether (sulfide) groups is 1. The summed E-state index contributed by atoms with van der Waals surface area (Å²) in [4.78, 5) is 27.0. The molecule has 0 saturated carbocycles. The number of carbonyl (C=O) groups excluding carboxylic acids is 2. The molecule has 0 bridgehead atoms. The van der Waals surface area contributed by atoms with Crippen LogP contribution in [-0.4, -0.2) is 44.9 Å². The third-order valence-corrected chi connectivity index (χ3v) is 6.40. The number of ether oxygens (including phenoxy) is 1. The summed E-state index contributed by atoms with van der Waals surface area (Å²) in [5.41, 5.74) is 0.798. The van der Waals surface area contributed by atoms with Gasteiger partial charge in [-0.2, -0.15) is 0 Å². The van der Waals surface area contributed by atoms with E-state index in [0.717, 1.165) is 17.0 Å². The SMILES string of the molecule is COc1ccccc1/C=C1\SC(=S)N(CCC(=O)Nc2nnc(CC(C)C)s2)C1=O. The molecule has 1 aromatic carbocycles. The fraction of sp³-hybridized carbons (Fsp3) is 0.350. The van der Waals surface area contributed by atoms with E-state index in [4.69, 9.17) is 17.0 Å². The maximum atomic E-state index is 12.8. The van der Waals surface area contributed by atoms with Crippen LogP contribution < -0.4 is 10.1 Å². The molecule has 0 atom stereocenters. The highest BCUT2D eigenvalue weighted by Gasteiger charge is 2.32. The molecule has 1 aliphatic rings. The summed E-state index contributed by atoms with van der Waals surface area (Å²) in [5.74, 6) is 0.708. The predicted octanol–water partition coefficient (Wildman–Crippen LogP) is 3.98. The maximum absolute atomic E-state index is 12.8. The smallest absolute Gasteiger partial charge is 0.266 e. The van der Waals surface area contributed by atoms with Gasteiger partial charge in [0.05, 0.1) is 12.0 Å². The van der Waals surface area contributed by atoms with Crippen molar-refractivity contribution in [3.8, 4) is 5.75 Å². The van der Waals surface area contributed by atoms with Gasteiger partial charge in [-0.05, 0) is 18.1 Å². The van der Waals surface area contributed by atoms with Gasteiger partial charge in [0.15, 0.2) is 0 Å². The lowest BCUT2D eigenvalue weighted by molar-refractivity contribution is -0.122. The van der Waals surface area contributed by atoms with Gasteiger partial charge in [-0.15, -0.1) is 10.2 Å². The van der Waals surface area contributed by atoms with Crippen LogP contribution in [0.3, 0.4) is 0 Å². The Balaban J connectivity index is 1.58. The van der Waals surface area contributed by atoms with Crippen LogP contribution in [0.25, 0.3) is 6.08 Å². The normalized spacial score (nSPS) is 15.3. The molecule has 0 spiro atoms. The van der Waals surface area contributed by atoms with Crippen molar-refractivity contribution < 1.29 is 14.3 Å². The summed E-state index contributed by atoms with van der Waals surface area (Å²) in [5, 5.41) is 12.2. The molecular formula is C20H22N4O3S3. The Bertz CT molecular complexity index is 987. The van der Waals surface area contributed by atoms with Crippen molar-refractivity contribution in [3.63, 3.8) is 0 Å². The number of hydrogen-bond acceptors (Lipinski definition) is 8. The van der Waals surface area contributed by atoms with Crippen LogP contribution in [0.4, 0.5) is 5.13 Å². The Hall–Kier alpha value is -2.30. The molecule has 1 aliphatic heterocycles. The van der Waals surface area contributed by atoms with Crippen molar-refractivity contribution in [1.82, 2.24) is 15.1 Å². The molecule has 2 aromatic rings. The zero-order valence-electron chi connectivity index (χ0n) is 16.9. The number of hydrogen-bond donors (Lipinski definition) is 1. The van der Waals surface area contributed by atoms with E-state index in [0.29, 0.717) is 26.0 Å². The molecule has 1 aromatic heterocycles. The molecule has 0 aliphatic carbocycles. The van der Waals surface area contributed by atoms with Crippen LogP contribution in [0, 0.1) is 5.92 Å². The van der Waals surface area contributed by atoms with Crippen LogP contribution in [0.5, 0.6) is 5.75 Å². The van der Waals surface area contributed by atoms with Gasteiger partial charge in [0.25, 0.3) is 5.91 Å². The quantitative estimate of drug-likeness (QED) is 0.469.